The van der Waals surface area contributed by atoms with E-state index in [4.69, 9.17) is 0 Å². The van der Waals surface area contributed by atoms with Gasteiger partial charge in [0.25, 0.3) is 0 Å². The number of carbonyl (C=O) groups excluding carboxylic acids is 1. The summed E-state index contributed by atoms with van der Waals surface area (Å²) in [5.41, 5.74) is 0.317. The Labute approximate surface area is 139 Å². The molecule has 6 nitrogen and oxygen atoms in total. The molecule has 2 heterocycles. The molecule has 0 saturated carbocycles. The third kappa shape index (κ3) is 3.23. The number of anilines is 1. The number of amides is 1. The van der Waals surface area contributed by atoms with Crippen LogP contribution in [0.4, 0.5) is 18.3 Å². The first-order valence-corrected chi connectivity index (χ1v) is 9.22. The molecule has 0 bridgehead atoms. The highest BCUT2D eigenvalue weighted by atomic mass is 32.2. The molecular formula is C13H12F3N3O3S2. The number of carbonyl (C=O) groups is 1. The molecule has 1 aliphatic rings. The number of thiazole rings is 1. The van der Waals surface area contributed by atoms with Crippen LogP contribution < -0.4 is 5.32 Å². The van der Waals surface area contributed by atoms with Crippen molar-refractivity contribution in [3.05, 3.63) is 18.2 Å². The fourth-order valence-electron chi connectivity index (χ4n) is 2.36. The highest BCUT2D eigenvalue weighted by Crippen LogP contribution is 2.31. The molecule has 1 fully saturated rings. The number of fused-ring (bicyclic) bond motifs is 1. The topological polar surface area (TPSA) is 79.4 Å². The van der Waals surface area contributed by atoms with Crippen LogP contribution in [0.2, 0.25) is 0 Å². The van der Waals surface area contributed by atoms with Crippen molar-refractivity contribution < 1.29 is 26.4 Å². The second-order valence-electron chi connectivity index (χ2n) is 5.21. The first-order valence-electron chi connectivity index (χ1n) is 6.97. The summed E-state index contributed by atoms with van der Waals surface area (Å²) in [7, 11) is -3.62. The third-order valence-electron chi connectivity index (χ3n) is 3.54. The molecule has 1 aliphatic heterocycles. The minimum Gasteiger partial charge on any atom is -0.294 e. The Kier molecular flexibility index (Phi) is 4.26. The van der Waals surface area contributed by atoms with Gasteiger partial charge in [-0.2, -0.15) is 17.5 Å². The minimum absolute atomic E-state index is 0.0641. The van der Waals surface area contributed by atoms with E-state index < -0.39 is 22.1 Å². The number of sulfonamides is 1. The lowest BCUT2D eigenvalue weighted by Gasteiger charge is -2.15. The van der Waals surface area contributed by atoms with Crippen molar-refractivity contribution in [2.75, 3.05) is 18.4 Å². The zero-order valence-corrected chi connectivity index (χ0v) is 13.8. The summed E-state index contributed by atoms with van der Waals surface area (Å²) in [4.78, 5) is 14.9. The van der Waals surface area contributed by atoms with Crippen LogP contribution in [-0.2, 0) is 14.8 Å². The highest BCUT2D eigenvalue weighted by molar-refractivity contribution is 7.89. The van der Waals surface area contributed by atoms with Crippen LogP contribution in [0.15, 0.2) is 23.1 Å². The summed E-state index contributed by atoms with van der Waals surface area (Å²) in [6.45, 7) is 0.909. The molecule has 11 heteroatoms. The van der Waals surface area contributed by atoms with Crippen LogP contribution >= 0.6 is 11.3 Å². The zero-order chi connectivity index (χ0) is 17.5. The maximum Gasteiger partial charge on any atom is 0.471 e. The van der Waals surface area contributed by atoms with E-state index in [1.165, 1.54) is 22.5 Å². The number of halogens is 3. The van der Waals surface area contributed by atoms with Crippen LogP contribution in [0, 0.1) is 0 Å². The Morgan fingerprint density at radius 2 is 1.92 bits per heavy atom. The lowest BCUT2D eigenvalue weighted by atomic mass is 10.3. The molecule has 1 amide bonds. The standard InChI is InChI=1S/C13H12F3N3O3S2/c14-13(15,16)11(20)18-12-17-9-4-3-8(7-10(9)23-12)24(21,22)19-5-1-2-6-19/h3-4,7H,1-2,5-6H2,(H,17,18,20). The van der Waals surface area contributed by atoms with Gasteiger partial charge in [0.1, 0.15) is 0 Å². The van der Waals surface area contributed by atoms with E-state index in [-0.39, 0.29) is 10.0 Å². The van der Waals surface area contributed by atoms with Crippen molar-refractivity contribution in [3.63, 3.8) is 0 Å². The fraction of sp³-hybridized carbons (Fsp3) is 0.385. The summed E-state index contributed by atoms with van der Waals surface area (Å²) in [5.74, 6) is -2.12. The zero-order valence-electron chi connectivity index (χ0n) is 12.1. The fourth-order valence-corrected chi connectivity index (χ4v) is 4.88. The number of nitrogens with zero attached hydrogens (tertiary/aromatic N) is 2. The van der Waals surface area contributed by atoms with E-state index >= 15 is 0 Å². The average molecular weight is 379 g/mol. The number of benzene rings is 1. The lowest BCUT2D eigenvalue weighted by Crippen LogP contribution is -2.29. The van der Waals surface area contributed by atoms with Gasteiger partial charge in [-0.15, -0.1) is 0 Å². The Hall–Kier alpha value is -1.72. The Morgan fingerprint density at radius 1 is 1.25 bits per heavy atom. The highest BCUT2D eigenvalue weighted by Gasteiger charge is 2.39. The SMILES string of the molecule is O=C(Nc1nc2ccc(S(=O)(=O)N3CCCC3)cc2s1)C(F)(F)F. The van der Waals surface area contributed by atoms with Crippen LogP contribution in [-0.4, -0.2) is 42.9 Å². The molecule has 1 aromatic heterocycles. The van der Waals surface area contributed by atoms with E-state index in [9.17, 15) is 26.4 Å². The maximum absolute atomic E-state index is 12.5. The second-order valence-corrected chi connectivity index (χ2v) is 8.18. The summed E-state index contributed by atoms with van der Waals surface area (Å²) in [6, 6.07) is 4.15. The van der Waals surface area contributed by atoms with Gasteiger partial charge in [-0.1, -0.05) is 11.3 Å². The van der Waals surface area contributed by atoms with E-state index in [2.05, 4.69) is 4.98 Å². The molecule has 0 radical (unpaired) electrons. The van der Waals surface area contributed by atoms with Crippen LogP contribution in [0.1, 0.15) is 12.8 Å². The van der Waals surface area contributed by atoms with Crippen molar-refractivity contribution in [1.29, 1.82) is 0 Å². The van der Waals surface area contributed by atoms with Gasteiger partial charge < -0.3 is 0 Å². The van der Waals surface area contributed by atoms with Crippen molar-refractivity contribution in [2.24, 2.45) is 0 Å². The third-order valence-corrected chi connectivity index (χ3v) is 6.37. The summed E-state index contributed by atoms with van der Waals surface area (Å²) >= 11 is 0.789. The first-order chi connectivity index (χ1) is 11.2. The number of hydrogen-bond acceptors (Lipinski definition) is 5. The van der Waals surface area contributed by atoms with Crippen LogP contribution in [0.5, 0.6) is 0 Å². The predicted octanol–water partition coefficient (Wildman–Crippen LogP) is 2.58. The van der Waals surface area contributed by atoms with Crippen LogP contribution in [0.25, 0.3) is 10.2 Å². The summed E-state index contributed by atoms with van der Waals surface area (Å²) < 4.78 is 63.5. The van der Waals surface area contributed by atoms with Crippen molar-refractivity contribution in [1.82, 2.24) is 9.29 Å². The van der Waals surface area contributed by atoms with Gasteiger partial charge in [-0.05, 0) is 31.0 Å². The smallest absolute Gasteiger partial charge is 0.294 e. The number of alkyl halides is 3. The summed E-state index contributed by atoms with van der Waals surface area (Å²) in [5, 5.41) is 1.43. The summed E-state index contributed by atoms with van der Waals surface area (Å²) in [6.07, 6.45) is -3.41. The predicted molar refractivity (Wildman–Crippen MR) is 82.3 cm³/mol. The molecule has 0 atom stereocenters. The molecule has 2 aromatic rings. The van der Waals surface area contributed by atoms with Crippen LogP contribution in [0.3, 0.4) is 0 Å². The molecular weight excluding hydrogens is 367 g/mol. The minimum atomic E-state index is -5.01. The van der Waals surface area contributed by atoms with Gasteiger partial charge in [0.2, 0.25) is 10.0 Å². The first kappa shape index (κ1) is 17.1. The molecule has 130 valence electrons. The molecule has 0 aliphatic carbocycles. The largest absolute Gasteiger partial charge is 0.471 e. The van der Waals surface area contributed by atoms with Gasteiger partial charge in [-0.25, -0.2) is 13.4 Å². The normalized spacial score (nSPS) is 16.6. The molecule has 3 rings (SSSR count). The molecule has 0 spiro atoms. The number of nitrogens with one attached hydrogen (secondary N) is 1. The molecule has 1 saturated heterocycles. The molecule has 0 unspecified atom stereocenters. The van der Waals surface area contributed by atoms with Gasteiger partial charge in [0, 0.05) is 13.1 Å². The number of aromatic nitrogens is 1. The van der Waals surface area contributed by atoms with E-state index in [0.29, 0.717) is 23.3 Å². The molecule has 1 aromatic carbocycles. The van der Waals surface area contributed by atoms with Gasteiger partial charge in [0.05, 0.1) is 15.1 Å². The van der Waals surface area contributed by atoms with Crippen molar-refractivity contribution in [2.45, 2.75) is 23.9 Å². The molecule has 1 N–H and O–H groups in total. The maximum atomic E-state index is 12.5. The Bertz CT molecular complexity index is 887. The van der Waals surface area contributed by atoms with Gasteiger partial charge >= 0.3 is 12.1 Å². The number of hydrogen-bond donors (Lipinski definition) is 1. The average Bonchev–Trinajstić information content (AvgIpc) is 3.14. The Balaban J connectivity index is 1.90. The Morgan fingerprint density at radius 3 is 2.54 bits per heavy atom. The molecule has 24 heavy (non-hydrogen) atoms. The van der Waals surface area contributed by atoms with Gasteiger partial charge in [0.15, 0.2) is 5.13 Å². The lowest BCUT2D eigenvalue weighted by molar-refractivity contribution is -0.167. The van der Waals surface area contributed by atoms with Crippen molar-refractivity contribution in [3.8, 4) is 0 Å². The second kappa shape index (κ2) is 5.97. The van der Waals surface area contributed by atoms with Gasteiger partial charge in [-0.3, -0.25) is 10.1 Å². The number of rotatable bonds is 3. The quantitative estimate of drug-likeness (QED) is 0.889. The van der Waals surface area contributed by atoms with Crippen molar-refractivity contribution >= 4 is 42.6 Å². The van der Waals surface area contributed by atoms with E-state index in [1.54, 1.807) is 5.32 Å². The monoisotopic (exact) mass is 379 g/mol. The van der Waals surface area contributed by atoms with E-state index in [1.807, 2.05) is 0 Å². The van der Waals surface area contributed by atoms with E-state index in [0.717, 1.165) is 24.2 Å².